The molecule has 0 aliphatic heterocycles. The summed E-state index contributed by atoms with van der Waals surface area (Å²) in [6.07, 6.45) is 9.13. The summed E-state index contributed by atoms with van der Waals surface area (Å²) in [6.45, 7) is 13.1. The summed E-state index contributed by atoms with van der Waals surface area (Å²) in [4.78, 5) is 17.7. The van der Waals surface area contributed by atoms with E-state index in [2.05, 4.69) is 24.6 Å². The fourth-order valence-electron chi connectivity index (χ4n) is 1.85. The van der Waals surface area contributed by atoms with Crippen LogP contribution in [0.4, 0.5) is 4.79 Å². The molecule has 0 heterocycles. The van der Waals surface area contributed by atoms with Gasteiger partial charge in [-0.25, -0.2) is 9.79 Å². The van der Waals surface area contributed by atoms with E-state index >= 15 is 0 Å². The Morgan fingerprint density at radius 1 is 1.37 bits per heavy atom. The Labute approximate surface area is 118 Å². The first-order valence-corrected chi connectivity index (χ1v) is 7.13. The first-order chi connectivity index (χ1) is 9.04. The smallest absolute Gasteiger partial charge is 0.323 e. The number of carbonyl (C=O) groups is 1. The number of carbonyl (C=O) groups excluding carboxylic acids is 1. The van der Waals surface area contributed by atoms with Crippen LogP contribution in [0, 0.1) is 5.92 Å². The van der Waals surface area contributed by atoms with Gasteiger partial charge in [0.2, 0.25) is 0 Å². The van der Waals surface area contributed by atoms with Crippen LogP contribution in [-0.2, 0) is 0 Å². The van der Waals surface area contributed by atoms with Crippen LogP contribution in [0.3, 0.4) is 0 Å². The Morgan fingerprint density at radius 3 is 2.53 bits per heavy atom. The molecule has 0 N–H and O–H groups in total. The minimum absolute atomic E-state index is 0.112. The van der Waals surface area contributed by atoms with E-state index in [-0.39, 0.29) is 6.03 Å². The molecule has 0 saturated carbocycles. The molecule has 1 atom stereocenters. The van der Waals surface area contributed by atoms with Crippen molar-refractivity contribution >= 4 is 11.7 Å². The molecule has 0 rings (SSSR count). The second-order valence-corrected chi connectivity index (χ2v) is 4.88. The van der Waals surface area contributed by atoms with Gasteiger partial charge < -0.3 is 4.90 Å². The van der Waals surface area contributed by atoms with Gasteiger partial charge in [-0.1, -0.05) is 38.2 Å². The summed E-state index contributed by atoms with van der Waals surface area (Å²) < 4.78 is 0. The Bertz CT molecular complexity index is 328. The van der Waals surface area contributed by atoms with Gasteiger partial charge in [-0.15, -0.1) is 0 Å². The average molecular weight is 264 g/mol. The molecular weight excluding hydrogens is 236 g/mol. The number of aliphatic imine (C=N–C) groups is 1. The van der Waals surface area contributed by atoms with E-state index < -0.39 is 0 Å². The number of amides is 2. The number of hydrogen-bond donors (Lipinski definition) is 0. The van der Waals surface area contributed by atoms with Crippen molar-refractivity contribution in [3.05, 3.63) is 24.8 Å². The lowest BCUT2D eigenvalue weighted by Gasteiger charge is -2.21. The highest BCUT2D eigenvalue weighted by atomic mass is 16.2. The van der Waals surface area contributed by atoms with Gasteiger partial charge >= 0.3 is 6.03 Å². The zero-order valence-electron chi connectivity index (χ0n) is 12.9. The topological polar surface area (TPSA) is 32.7 Å². The molecule has 19 heavy (non-hydrogen) atoms. The van der Waals surface area contributed by atoms with Crippen molar-refractivity contribution in [2.75, 3.05) is 13.1 Å². The molecule has 3 heteroatoms. The molecule has 1 unspecified atom stereocenters. The third-order valence-corrected chi connectivity index (χ3v) is 3.10. The van der Waals surface area contributed by atoms with Crippen molar-refractivity contribution in [1.29, 1.82) is 0 Å². The Hall–Kier alpha value is -1.38. The van der Waals surface area contributed by atoms with E-state index in [1.165, 1.54) is 0 Å². The molecule has 0 radical (unpaired) electrons. The van der Waals surface area contributed by atoms with Crippen LogP contribution < -0.4 is 0 Å². The van der Waals surface area contributed by atoms with Crippen LogP contribution in [0.2, 0.25) is 0 Å². The highest BCUT2D eigenvalue weighted by Crippen LogP contribution is 2.15. The highest BCUT2D eigenvalue weighted by molar-refractivity contribution is 5.92. The lowest BCUT2D eigenvalue weighted by atomic mass is 9.98. The molecule has 0 saturated heterocycles. The maximum atomic E-state index is 11.9. The van der Waals surface area contributed by atoms with Gasteiger partial charge in [-0.05, 0) is 39.5 Å². The summed E-state index contributed by atoms with van der Waals surface area (Å²) in [5, 5.41) is 0. The van der Waals surface area contributed by atoms with E-state index in [4.69, 9.17) is 0 Å². The quantitative estimate of drug-likeness (QED) is 0.470. The van der Waals surface area contributed by atoms with Gasteiger partial charge in [0.1, 0.15) is 0 Å². The van der Waals surface area contributed by atoms with Crippen LogP contribution >= 0.6 is 0 Å². The second-order valence-electron chi connectivity index (χ2n) is 4.88. The summed E-state index contributed by atoms with van der Waals surface area (Å²) >= 11 is 0. The first kappa shape index (κ1) is 17.6. The normalized spacial score (nSPS) is 12.2. The van der Waals surface area contributed by atoms with Crippen molar-refractivity contribution in [2.45, 2.75) is 47.0 Å². The lowest BCUT2D eigenvalue weighted by molar-refractivity contribution is 0.206. The van der Waals surface area contributed by atoms with Crippen molar-refractivity contribution in [3.8, 4) is 0 Å². The van der Waals surface area contributed by atoms with Gasteiger partial charge in [-0.2, -0.15) is 0 Å². The minimum Gasteiger partial charge on any atom is -0.323 e. The zero-order chi connectivity index (χ0) is 14.7. The fourth-order valence-corrected chi connectivity index (χ4v) is 1.85. The standard InChI is InChI=1S/C16H28N2O/c1-6-9-10-11-15(7-2)12-13-18(8-3)16(19)17-14(4)5/h6,9-10,15H,1,7-8,11-13H2,2-5H3. The molecule has 3 nitrogen and oxygen atoms in total. The molecule has 0 aromatic carbocycles. The van der Waals surface area contributed by atoms with Gasteiger partial charge in [0.15, 0.2) is 0 Å². The van der Waals surface area contributed by atoms with Crippen molar-refractivity contribution < 1.29 is 4.79 Å². The Balaban J connectivity index is 4.31. The van der Waals surface area contributed by atoms with Gasteiger partial charge in [-0.3, -0.25) is 0 Å². The molecule has 0 aromatic heterocycles. The van der Waals surface area contributed by atoms with E-state index in [1.54, 1.807) is 6.08 Å². The minimum atomic E-state index is -0.112. The average Bonchev–Trinajstić information content (AvgIpc) is 2.36. The number of allylic oxidation sites excluding steroid dienone is 3. The van der Waals surface area contributed by atoms with E-state index in [0.717, 1.165) is 31.5 Å². The maximum absolute atomic E-state index is 11.9. The van der Waals surface area contributed by atoms with Gasteiger partial charge in [0.25, 0.3) is 0 Å². The number of nitrogens with zero attached hydrogens (tertiary/aromatic N) is 2. The third-order valence-electron chi connectivity index (χ3n) is 3.10. The molecule has 0 spiro atoms. The fraction of sp³-hybridized carbons (Fsp3) is 0.625. The Morgan fingerprint density at radius 2 is 2.05 bits per heavy atom. The highest BCUT2D eigenvalue weighted by Gasteiger charge is 2.12. The van der Waals surface area contributed by atoms with Crippen LogP contribution in [0.25, 0.3) is 0 Å². The second kappa shape index (κ2) is 10.5. The number of rotatable bonds is 8. The lowest BCUT2D eigenvalue weighted by Crippen LogP contribution is -2.30. The largest absolute Gasteiger partial charge is 0.343 e. The van der Waals surface area contributed by atoms with Crippen LogP contribution in [0.5, 0.6) is 0 Å². The Kier molecular flexibility index (Phi) is 9.77. The van der Waals surface area contributed by atoms with Crippen molar-refractivity contribution in [3.63, 3.8) is 0 Å². The van der Waals surface area contributed by atoms with Crippen molar-refractivity contribution in [1.82, 2.24) is 4.90 Å². The maximum Gasteiger partial charge on any atom is 0.343 e. The van der Waals surface area contributed by atoms with Crippen LogP contribution in [-0.4, -0.2) is 29.7 Å². The predicted octanol–water partition coefficient (Wildman–Crippen LogP) is 4.46. The molecular formula is C16H28N2O. The van der Waals surface area contributed by atoms with Gasteiger partial charge in [0.05, 0.1) is 0 Å². The molecule has 0 aromatic rings. The zero-order valence-corrected chi connectivity index (χ0v) is 12.9. The monoisotopic (exact) mass is 264 g/mol. The van der Waals surface area contributed by atoms with E-state index in [0.29, 0.717) is 12.5 Å². The van der Waals surface area contributed by atoms with E-state index in [1.807, 2.05) is 31.7 Å². The van der Waals surface area contributed by atoms with Crippen LogP contribution in [0.15, 0.2) is 29.8 Å². The molecule has 2 amide bonds. The summed E-state index contributed by atoms with van der Waals surface area (Å²) in [5.74, 6) is 0.616. The molecule has 108 valence electrons. The first-order valence-electron chi connectivity index (χ1n) is 7.13. The van der Waals surface area contributed by atoms with E-state index in [9.17, 15) is 4.79 Å². The SMILES string of the molecule is C=CC=CCC(CC)CCN(CC)C(=O)N=C(C)C. The van der Waals surface area contributed by atoms with Crippen molar-refractivity contribution in [2.24, 2.45) is 10.9 Å². The molecule has 0 aliphatic carbocycles. The summed E-state index contributed by atoms with van der Waals surface area (Å²) in [7, 11) is 0. The van der Waals surface area contributed by atoms with Gasteiger partial charge in [0, 0.05) is 18.8 Å². The molecule has 0 fully saturated rings. The number of urea groups is 1. The van der Waals surface area contributed by atoms with Crippen LogP contribution in [0.1, 0.15) is 47.0 Å². The predicted molar refractivity (Wildman–Crippen MR) is 83.8 cm³/mol. The summed E-state index contributed by atoms with van der Waals surface area (Å²) in [6, 6.07) is -0.112. The third kappa shape index (κ3) is 8.36. The molecule has 0 bridgehead atoms. The molecule has 0 aliphatic rings. The number of hydrogen-bond acceptors (Lipinski definition) is 1. The summed E-state index contributed by atoms with van der Waals surface area (Å²) in [5.41, 5.74) is 0.810.